The number of carbonyl (C=O) groups excluding carboxylic acids is 4. The van der Waals surface area contributed by atoms with E-state index < -0.39 is 23.7 Å². The van der Waals surface area contributed by atoms with Gasteiger partial charge in [0.2, 0.25) is 0 Å². The van der Waals surface area contributed by atoms with Crippen molar-refractivity contribution >= 4 is 29.4 Å². The summed E-state index contributed by atoms with van der Waals surface area (Å²) in [6.07, 6.45) is 0. The second-order valence-corrected chi connectivity index (χ2v) is 6.37. The molecule has 156 valence electrons. The lowest BCUT2D eigenvalue weighted by Gasteiger charge is -2.10. The van der Waals surface area contributed by atoms with Crippen LogP contribution in [0.5, 0.6) is 5.75 Å². The molecule has 8 heteroatoms. The zero-order chi connectivity index (χ0) is 22.4. The van der Waals surface area contributed by atoms with E-state index >= 15 is 0 Å². The van der Waals surface area contributed by atoms with Gasteiger partial charge in [-0.15, -0.1) is 0 Å². The highest BCUT2D eigenvalue weighted by Crippen LogP contribution is 2.17. The first kappa shape index (κ1) is 21.3. The van der Waals surface area contributed by atoms with Gasteiger partial charge in [-0.3, -0.25) is 19.7 Å². The lowest BCUT2D eigenvalue weighted by molar-refractivity contribution is 0.0597. The summed E-state index contributed by atoms with van der Waals surface area (Å²) >= 11 is 0. The maximum atomic E-state index is 12.5. The highest BCUT2D eigenvalue weighted by atomic mass is 16.5. The average molecular weight is 418 g/mol. The number of hydrogen-bond acceptors (Lipinski definition) is 6. The smallest absolute Gasteiger partial charge is 0.338 e. The molecule has 0 unspecified atom stereocenters. The highest BCUT2D eigenvalue weighted by Gasteiger charge is 2.18. The van der Waals surface area contributed by atoms with E-state index in [-0.39, 0.29) is 28.0 Å². The minimum atomic E-state index is -0.736. The quantitative estimate of drug-likeness (QED) is 0.433. The van der Waals surface area contributed by atoms with Crippen molar-refractivity contribution in [3.8, 4) is 5.75 Å². The summed E-state index contributed by atoms with van der Waals surface area (Å²) < 4.78 is 4.68. The van der Waals surface area contributed by atoms with Crippen LogP contribution in [0.15, 0.2) is 72.8 Å². The molecule has 0 radical (unpaired) electrons. The molecule has 31 heavy (non-hydrogen) atoms. The second kappa shape index (κ2) is 9.36. The van der Waals surface area contributed by atoms with Gasteiger partial charge in [0, 0.05) is 11.3 Å². The lowest BCUT2D eigenvalue weighted by atomic mass is 10.1. The predicted molar refractivity (Wildman–Crippen MR) is 112 cm³/mol. The Morgan fingerprint density at radius 3 is 1.90 bits per heavy atom. The number of amides is 3. The number of phenolic OH excluding ortho intramolecular Hbond substituents is 1. The molecule has 3 rings (SSSR count). The zero-order valence-corrected chi connectivity index (χ0v) is 16.4. The third-order valence-corrected chi connectivity index (χ3v) is 4.36. The molecular weight excluding hydrogens is 400 g/mol. The van der Waals surface area contributed by atoms with Crippen LogP contribution >= 0.6 is 0 Å². The number of methoxy groups -OCH3 is 1. The minimum Gasteiger partial charge on any atom is -0.507 e. The van der Waals surface area contributed by atoms with Crippen LogP contribution in [0.1, 0.15) is 41.4 Å². The van der Waals surface area contributed by atoms with Crippen LogP contribution in [0.2, 0.25) is 0 Å². The molecule has 3 aromatic carbocycles. The van der Waals surface area contributed by atoms with E-state index in [1.165, 1.54) is 55.6 Å². The van der Waals surface area contributed by atoms with Crippen LogP contribution in [0.4, 0.5) is 5.69 Å². The van der Waals surface area contributed by atoms with Crippen molar-refractivity contribution in [2.75, 3.05) is 12.4 Å². The van der Waals surface area contributed by atoms with Crippen LogP contribution in [0.25, 0.3) is 0 Å². The summed E-state index contributed by atoms with van der Waals surface area (Å²) in [6, 6.07) is 17.9. The zero-order valence-electron chi connectivity index (χ0n) is 16.4. The molecule has 0 saturated heterocycles. The first-order chi connectivity index (χ1) is 14.9. The molecule has 0 aliphatic carbocycles. The van der Waals surface area contributed by atoms with Gasteiger partial charge in [-0.05, 0) is 48.5 Å². The molecule has 0 aromatic heterocycles. The molecule has 0 heterocycles. The number of para-hydroxylation sites is 1. The second-order valence-electron chi connectivity index (χ2n) is 6.37. The van der Waals surface area contributed by atoms with Gasteiger partial charge in [-0.2, -0.15) is 0 Å². The number of imide groups is 1. The minimum absolute atomic E-state index is 0.0241. The largest absolute Gasteiger partial charge is 0.507 e. The van der Waals surface area contributed by atoms with Crippen molar-refractivity contribution in [1.82, 2.24) is 5.32 Å². The van der Waals surface area contributed by atoms with Crippen molar-refractivity contribution in [3.05, 3.63) is 95.1 Å². The Bertz CT molecular complexity index is 1150. The van der Waals surface area contributed by atoms with E-state index in [2.05, 4.69) is 15.4 Å². The third-order valence-electron chi connectivity index (χ3n) is 4.36. The molecule has 0 spiro atoms. The SMILES string of the molecule is COC(=O)c1ccccc1C(=O)Nc1ccc(C(=O)NC(=O)c2ccccc2O)cc1. The number of aromatic hydroxyl groups is 1. The first-order valence-electron chi connectivity index (χ1n) is 9.13. The Balaban J connectivity index is 1.69. The number of esters is 1. The van der Waals surface area contributed by atoms with Crippen molar-refractivity contribution < 1.29 is 29.0 Å². The Hall–Kier alpha value is -4.46. The molecule has 0 bridgehead atoms. The van der Waals surface area contributed by atoms with E-state index in [9.17, 15) is 24.3 Å². The van der Waals surface area contributed by atoms with E-state index in [4.69, 9.17) is 0 Å². The number of nitrogens with one attached hydrogen (secondary N) is 2. The van der Waals surface area contributed by atoms with Crippen molar-refractivity contribution in [3.63, 3.8) is 0 Å². The molecule has 3 amide bonds. The van der Waals surface area contributed by atoms with Crippen LogP contribution in [-0.4, -0.2) is 35.9 Å². The van der Waals surface area contributed by atoms with Gasteiger partial charge in [-0.1, -0.05) is 24.3 Å². The number of rotatable bonds is 5. The summed E-state index contributed by atoms with van der Waals surface area (Å²) in [6.45, 7) is 0. The Labute approximate surface area is 177 Å². The summed E-state index contributed by atoms with van der Waals surface area (Å²) in [4.78, 5) is 48.8. The molecule has 0 saturated carbocycles. The Kier molecular flexibility index (Phi) is 6.42. The number of phenols is 1. The number of carbonyl (C=O) groups is 4. The first-order valence-corrected chi connectivity index (χ1v) is 9.13. The summed E-state index contributed by atoms with van der Waals surface area (Å²) in [7, 11) is 1.23. The van der Waals surface area contributed by atoms with E-state index in [0.29, 0.717) is 5.69 Å². The van der Waals surface area contributed by atoms with Gasteiger partial charge >= 0.3 is 5.97 Å². The van der Waals surface area contributed by atoms with Gasteiger partial charge < -0.3 is 15.2 Å². The van der Waals surface area contributed by atoms with Crippen LogP contribution < -0.4 is 10.6 Å². The Morgan fingerprint density at radius 1 is 0.710 bits per heavy atom. The third kappa shape index (κ3) is 4.94. The molecule has 0 aliphatic rings. The van der Waals surface area contributed by atoms with Crippen LogP contribution in [-0.2, 0) is 4.74 Å². The molecule has 8 nitrogen and oxygen atoms in total. The van der Waals surface area contributed by atoms with Gasteiger partial charge in [0.15, 0.2) is 0 Å². The topological polar surface area (TPSA) is 122 Å². The monoisotopic (exact) mass is 418 g/mol. The van der Waals surface area contributed by atoms with Gasteiger partial charge in [0.25, 0.3) is 17.7 Å². The maximum Gasteiger partial charge on any atom is 0.338 e. The van der Waals surface area contributed by atoms with Gasteiger partial charge in [0.1, 0.15) is 5.75 Å². The number of benzene rings is 3. The fraction of sp³-hybridized carbons (Fsp3) is 0.0435. The number of anilines is 1. The van der Waals surface area contributed by atoms with Crippen molar-refractivity contribution in [1.29, 1.82) is 0 Å². The van der Waals surface area contributed by atoms with E-state index in [0.717, 1.165) is 0 Å². The molecule has 0 atom stereocenters. The molecule has 0 fully saturated rings. The van der Waals surface area contributed by atoms with Crippen LogP contribution in [0, 0.1) is 0 Å². The highest BCUT2D eigenvalue weighted by molar-refractivity contribution is 6.12. The van der Waals surface area contributed by atoms with Gasteiger partial charge in [-0.25, -0.2) is 4.79 Å². The molecule has 3 N–H and O–H groups in total. The van der Waals surface area contributed by atoms with Crippen molar-refractivity contribution in [2.24, 2.45) is 0 Å². The van der Waals surface area contributed by atoms with E-state index in [1.807, 2.05) is 0 Å². The fourth-order valence-corrected chi connectivity index (χ4v) is 2.78. The standard InChI is InChI=1S/C23H18N2O6/c1-31-23(30)17-7-3-2-6-16(17)21(28)24-15-12-10-14(11-13-15)20(27)25-22(29)18-8-4-5-9-19(18)26/h2-13,26H,1H3,(H,24,28)(H,25,27,29). The Morgan fingerprint density at radius 2 is 1.29 bits per heavy atom. The number of ether oxygens (including phenoxy) is 1. The van der Waals surface area contributed by atoms with Crippen molar-refractivity contribution in [2.45, 2.75) is 0 Å². The van der Waals surface area contributed by atoms with Crippen LogP contribution in [0.3, 0.4) is 0 Å². The van der Waals surface area contributed by atoms with E-state index in [1.54, 1.807) is 24.3 Å². The average Bonchev–Trinajstić information content (AvgIpc) is 2.79. The predicted octanol–water partition coefficient (Wildman–Crippen LogP) is 3.00. The molecule has 0 aliphatic heterocycles. The summed E-state index contributed by atoms with van der Waals surface area (Å²) in [5.41, 5.74) is 0.805. The van der Waals surface area contributed by atoms with Gasteiger partial charge in [0.05, 0.1) is 23.8 Å². The summed E-state index contributed by atoms with van der Waals surface area (Å²) in [5, 5.41) is 14.5. The fourth-order valence-electron chi connectivity index (χ4n) is 2.78. The summed E-state index contributed by atoms with van der Waals surface area (Å²) in [5.74, 6) is -2.79. The lowest BCUT2D eigenvalue weighted by Crippen LogP contribution is -2.30. The maximum absolute atomic E-state index is 12.5. The normalized spacial score (nSPS) is 10.1. The molecule has 3 aromatic rings. The molecular formula is C23H18N2O6. The number of hydrogen-bond donors (Lipinski definition) is 3.